The summed E-state index contributed by atoms with van der Waals surface area (Å²) >= 11 is 5.23. The standard InChI is InChI=1S/C19H34N5O5PS/c1-10-22-15(20)12-16(23-10)24(9-21-12)17-13(25)14(11(27-17)8-18(2,3)4)28-30(26,31)29-19(5,6)7/h9,11,13-15,17,25H,8,20H2,1-7H3,(H,22,23)(H,26,31)/t11-,13+,14+,15?,17-,30?/m1/s1. The van der Waals surface area contributed by atoms with Crippen molar-refractivity contribution in [2.75, 3.05) is 0 Å². The van der Waals surface area contributed by atoms with Gasteiger partial charge in [-0.2, -0.15) is 0 Å². The van der Waals surface area contributed by atoms with E-state index in [9.17, 15) is 10.00 Å². The van der Waals surface area contributed by atoms with Gasteiger partial charge in [0.25, 0.3) is 0 Å². The quantitative estimate of drug-likeness (QED) is 0.474. The van der Waals surface area contributed by atoms with Crippen molar-refractivity contribution in [1.82, 2.24) is 14.9 Å². The highest BCUT2D eigenvalue weighted by Crippen LogP contribution is 2.52. The van der Waals surface area contributed by atoms with Crippen LogP contribution in [0.1, 0.15) is 73.0 Å². The van der Waals surface area contributed by atoms with Crippen LogP contribution in [0.15, 0.2) is 11.3 Å². The predicted octanol–water partition coefficient (Wildman–Crippen LogP) is 2.61. The highest BCUT2D eigenvalue weighted by Gasteiger charge is 2.50. The van der Waals surface area contributed by atoms with E-state index in [0.717, 1.165) is 0 Å². The molecule has 3 rings (SSSR count). The molecular formula is C19H34N5O5PS. The fourth-order valence-electron chi connectivity index (χ4n) is 3.74. The molecule has 12 heteroatoms. The van der Waals surface area contributed by atoms with E-state index >= 15 is 0 Å². The van der Waals surface area contributed by atoms with Crippen molar-refractivity contribution in [3.63, 3.8) is 0 Å². The summed E-state index contributed by atoms with van der Waals surface area (Å²) in [5.74, 6) is 1.15. The second-order valence-corrected chi connectivity index (χ2v) is 13.0. The molecule has 0 bridgehead atoms. The Morgan fingerprint density at radius 1 is 1.32 bits per heavy atom. The number of imidazole rings is 1. The molecule has 2 unspecified atom stereocenters. The molecule has 1 saturated heterocycles. The van der Waals surface area contributed by atoms with Crippen LogP contribution in [0.5, 0.6) is 0 Å². The third kappa shape index (κ3) is 5.91. The van der Waals surface area contributed by atoms with Gasteiger partial charge in [0.1, 0.15) is 29.9 Å². The lowest BCUT2D eigenvalue weighted by molar-refractivity contribution is -0.0467. The number of nitrogens with two attached hydrogens (primary N) is 1. The van der Waals surface area contributed by atoms with Gasteiger partial charge in [0, 0.05) is 0 Å². The monoisotopic (exact) mass is 475 g/mol. The minimum Gasteiger partial charge on any atom is -0.386 e. The van der Waals surface area contributed by atoms with Crippen molar-refractivity contribution in [1.29, 1.82) is 0 Å². The van der Waals surface area contributed by atoms with Gasteiger partial charge in [-0.15, -0.1) is 0 Å². The molecule has 1 aromatic heterocycles. The van der Waals surface area contributed by atoms with Crippen molar-refractivity contribution in [2.45, 2.75) is 91.2 Å². The number of amidine groups is 1. The maximum atomic E-state index is 11.2. The molecule has 0 spiro atoms. The number of rotatable bonds is 5. The molecule has 2 aliphatic rings. The summed E-state index contributed by atoms with van der Waals surface area (Å²) in [4.78, 5) is 19.5. The number of fused-ring (bicyclic) bond motifs is 1. The van der Waals surface area contributed by atoms with Crippen LogP contribution < -0.4 is 11.1 Å². The summed E-state index contributed by atoms with van der Waals surface area (Å²) in [6, 6.07) is 0. The van der Waals surface area contributed by atoms with Gasteiger partial charge in [-0.05, 0) is 51.3 Å². The Labute approximate surface area is 188 Å². The number of aromatic nitrogens is 2. The Bertz CT molecular complexity index is 893. The molecule has 1 aromatic rings. The van der Waals surface area contributed by atoms with Gasteiger partial charge in [0.15, 0.2) is 12.0 Å². The number of hydrogen-bond donors (Lipinski definition) is 4. The zero-order valence-corrected chi connectivity index (χ0v) is 20.8. The largest absolute Gasteiger partial charge is 0.386 e. The minimum absolute atomic E-state index is 0.126. The van der Waals surface area contributed by atoms with Gasteiger partial charge in [-0.3, -0.25) is 9.09 Å². The fourth-order valence-corrected chi connectivity index (χ4v) is 6.02. The van der Waals surface area contributed by atoms with Gasteiger partial charge in [0.05, 0.1) is 18.0 Å². The second kappa shape index (κ2) is 8.46. The van der Waals surface area contributed by atoms with Crippen LogP contribution in [0.25, 0.3) is 0 Å². The molecule has 176 valence electrons. The lowest BCUT2D eigenvalue weighted by atomic mass is 9.87. The number of aliphatic hydroxyl groups is 1. The molecular weight excluding hydrogens is 441 g/mol. The average molecular weight is 476 g/mol. The van der Waals surface area contributed by atoms with Crippen molar-refractivity contribution in [3.05, 3.63) is 12.0 Å². The molecule has 0 amide bonds. The Hall–Kier alpha value is -0.910. The van der Waals surface area contributed by atoms with E-state index in [4.69, 9.17) is 31.3 Å². The van der Waals surface area contributed by atoms with E-state index < -0.39 is 43.0 Å². The average Bonchev–Trinajstić information content (AvgIpc) is 3.07. The predicted molar refractivity (Wildman–Crippen MR) is 121 cm³/mol. The van der Waals surface area contributed by atoms with Crippen LogP contribution in [0.4, 0.5) is 5.82 Å². The number of nitrogens with zero attached hydrogens (tertiary/aromatic N) is 3. The summed E-state index contributed by atoms with van der Waals surface area (Å²) in [7, 11) is 0. The lowest BCUT2D eigenvalue weighted by Gasteiger charge is -2.31. The zero-order chi connectivity index (χ0) is 23.4. The van der Waals surface area contributed by atoms with Crippen LogP contribution in [0.2, 0.25) is 0 Å². The summed E-state index contributed by atoms with van der Waals surface area (Å²) in [6.07, 6.45) is -1.79. The van der Waals surface area contributed by atoms with Gasteiger partial charge < -0.3 is 30.3 Å². The summed E-state index contributed by atoms with van der Waals surface area (Å²) < 4.78 is 19.3. The first-order valence-corrected chi connectivity index (χ1v) is 12.8. The van der Waals surface area contributed by atoms with E-state index in [-0.39, 0.29) is 5.41 Å². The van der Waals surface area contributed by atoms with Gasteiger partial charge >= 0.3 is 6.72 Å². The molecule has 10 nitrogen and oxygen atoms in total. The van der Waals surface area contributed by atoms with E-state index in [0.29, 0.717) is 23.8 Å². The number of aliphatic imine (C=N–C) groups is 1. The molecule has 0 aliphatic carbocycles. The smallest absolute Gasteiger partial charge is 0.325 e. The van der Waals surface area contributed by atoms with E-state index in [1.54, 1.807) is 38.6 Å². The van der Waals surface area contributed by atoms with Crippen molar-refractivity contribution >= 4 is 30.2 Å². The van der Waals surface area contributed by atoms with Gasteiger partial charge in [-0.1, -0.05) is 20.8 Å². The second-order valence-electron chi connectivity index (χ2n) is 10.2. The number of nitrogens with one attached hydrogen (secondary N) is 1. The van der Waals surface area contributed by atoms with Crippen LogP contribution in [-0.2, 0) is 25.6 Å². The summed E-state index contributed by atoms with van der Waals surface area (Å²) in [5, 5.41) is 14.2. The third-order valence-corrected chi connectivity index (χ3v) is 6.54. The normalized spacial score (nSPS) is 31.0. The summed E-state index contributed by atoms with van der Waals surface area (Å²) in [6.45, 7) is 9.67. The van der Waals surface area contributed by atoms with Gasteiger partial charge in [-0.25, -0.2) is 9.98 Å². The number of hydrogen-bond acceptors (Lipinski definition) is 9. The van der Waals surface area contributed by atoms with Crippen LogP contribution in [0, 0.1) is 5.41 Å². The molecule has 1 fully saturated rings. The number of aliphatic hydroxyl groups excluding tert-OH is 1. The van der Waals surface area contributed by atoms with Crippen LogP contribution in [0.3, 0.4) is 0 Å². The first kappa shape index (κ1) is 24.7. The maximum absolute atomic E-state index is 11.2. The zero-order valence-electron chi connectivity index (χ0n) is 19.1. The lowest BCUT2D eigenvalue weighted by Crippen LogP contribution is -2.37. The Morgan fingerprint density at radius 3 is 2.55 bits per heavy atom. The Morgan fingerprint density at radius 2 is 1.97 bits per heavy atom. The van der Waals surface area contributed by atoms with Crippen LogP contribution in [-0.4, -0.2) is 49.3 Å². The molecule has 31 heavy (non-hydrogen) atoms. The first-order chi connectivity index (χ1) is 14.1. The molecule has 0 saturated carbocycles. The Kier molecular flexibility index (Phi) is 6.75. The highest BCUT2D eigenvalue weighted by molar-refractivity contribution is 8.07. The van der Waals surface area contributed by atoms with Crippen molar-refractivity contribution < 1.29 is 23.8 Å². The third-order valence-electron chi connectivity index (χ3n) is 4.77. The molecule has 0 radical (unpaired) electrons. The molecule has 3 heterocycles. The molecule has 2 aliphatic heterocycles. The molecule has 5 N–H and O–H groups in total. The first-order valence-electron chi connectivity index (χ1n) is 10.3. The Balaban J connectivity index is 1.93. The topological polar surface area (TPSA) is 136 Å². The molecule has 6 atom stereocenters. The number of ether oxygens (including phenoxy) is 1. The van der Waals surface area contributed by atoms with E-state index in [1.807, 2.05) is 0 Å². The minimum atomic E-state index is -3.64. The van der Waals surface area contributed by atoms with E-state index in [2.05, 4.69) is 36.1 Å². The molecule has 0 aromatic carbocycles. The van der Waals surface area contributed by atoms with Crippen molar-refractivity contribution in [2.24, 2.45) is 16.1 Å². The summed E-state index contributed by atoms with van der Waals surface area (Å²) in [5.41, 5.74) is 5.84. The maximum Gasteiger partial charge on any atom is 0.325 e. The van der Waals surface area contributed by atoms with Crippen LogP contribution >= 0.6 is 6.72 Å². The van der Waals surface area contributed by atoms with Gasteiger partial charge in [0.2, 0.25) is 0 Å². The van der Waals surface area contributed by atoms with E-state index in [1.165, 1.54) is 0 Å². The van der Waals surface area contributed by atoms with Crippen molar-refractivity contribution in [3.8, 4) is 0 Å². The SMILES string of the molecule is CC1=Nc2c(ncn2[C@@H]2O[C@H](CC(C)(C)C)[C@H](OP(O)(=S)OC(C)(C)C)[C@@H]2O)C(N)N1. The highest BCUT2D eigenvalue weighted by atomic mass is 32.5. The fraction of sp³-hybridized carbons (Fsp3) is 0.789.